The summed E-state index contributed by atoms with van der Waals surface area (Å²) in [6, 6.07) is 8.54. The smallest absolute Gasteiger partial charge is 0.200 e. The molecule has 2 aromatic carbocycles. The van der Waals surface area contributed by atoms with Gasteiger partial charge in [0.2, 0.25) is 5.75 Å². The highest BCUT2D eigenvalue weighted by atomic mass is 16.5. The molecule has 0 atom stereocenters. The van der Waals surface area contributed by atoms with Crippen molar-refractivity contribution in [2.24, 2.45) is 0 Å². The monoisotopic (exact) mass is 386 g/mol. The molecule has 3 aromatic rings. The van der Waals surface area contributed by atoms with Crippen molar-refractivity contribution in [1.82, 2.24) is 9.71 Å². The number of hydrogen-bond acceptors (Lipinski definition) is 7. The van der Waals surface area contributed by atoms with E-state index in [9.17, 15) is 10.3 Å². The summed E-state index contributed by atoms with van der Waals surface area (Å²) in [6.45, 7) is 1.75. The zero-order valence-corrected chi connectivity index (χ0v) is 16.3. The maximum absolute atomic E-state index is 10.6. The van der Waals surface area contributed by atoms with Crippen LogP contribution in [0.25, 0.3) is 22.6 Å². The summed E-state index contributed by atoms with van der Waals surface area (Å²) in [5.41, 5.74) is 2.38. The number of methoxy groups -OCH3 is 4. The number of benzene rings is 2. The van der Waals surface area contributed by atoms with Crippen molar-refractivity contribution in [1.29, 1.82) is 0 Å². The first kappa shape index (κ1) is 19.2. The minimum Gasteiger partial charge on any atom is -0.502 e. The number of hydrogen-bond donors (Lipinski definition) is 2. The first-order chi connectivity index (χ1) is 13.4. The summed E-state index contributed by atoms with van der Waals surface area (Å²) in [6.07, 6.45) is 0. The van der Waals surface area contributed by atoms with Gasteiger partial charge in [-0.2, -0.15) is 4.73 Å². The van der Waals surface area contributed by atoms with Gasteiger partial charge in [0.25, 0.3) is 0 Å². The number of nitrogens with zero attached hydrogens (tertiary/aromatic N) is 2. The van der Waals surface area contributed by atoms with E-state index in [-0.39, 0.29) is 23.1 Å². The van der Waals surface area contributed by atoms with Crippen molar-refractivity contribution in [2.75, 3.05) is 28.4 Å². The minimum atomic E-state index is -0.123. The number of phenolic OH excluding ortho intramolecular Hbond substituents is 1. The molecule has 0 spiro atoms. The van der Waals surface area contributed by atoms with Gasteiger partial charge in [0.1, 0.15) is 0 Å². The van der Waals surface area contributed by atoms with E-state index in [0.29, 0.717) is 28.5 Å². The van der Waals surface area contributed by atoms with Crippen molar-refractivity contribution in [3.63, 3.8) is 0 Å². The van der Waals surface area contributed by atoms with Crippen LogP contribution in [0.3, 0.4) is 0 Å². The van der Waals surface area contributed by atoms with Crippen LogP contribution in [0.4, 0.5) is 0 Å². The molecule has 0 saturated carbocycles. The van der Waals surface area contributed by atoms with Gasteiger partial charge in [-0.05, 0) is 37.3 Å². The normalized spacial score (nSPS) is 10.6. The molecule has 8 nitrogen and oxygen atoms in total. The molecule has 1 aromatic heterocycles. The second-order valence-electron chi connectivity index (χ2n) is 5.98. The van der Waals surface area contributed by atoms with E-state index in [1.807, 2.05) is 6.07 Å². The van der Waals surface area contributed by atoms with E-state index in [0.717, 1.165) is 10.3 Å². The van der Waals surface area contributed by atoms with Crippen LogP contribution in [-0.2, 0) is 0 Å². The Kier molecular flexibility index (Phi) is 5.21. The number of rotatable bonds is 6. The first-order valence-corrected chi connectivity index (χ1v) is 8.41. The van der Waals surface area contributed by atoms with Gasteiger partial charge < -0.3 is 29.3 Å². The van der Waals surface area contributed by atoms with Gasteiger partial charge in [-0.25, -0.2) is 4.98 Å². The lowest BCUT2D eigenvalue weighted by atomic mass is 10.1. The van der Waals surface area contributed by atoms with Crippen LogP contribution < -0.4 is 18.9 Å². The summed E-state index contributed by atoms with van der Waals surface area (Å²) >= 11 is 0. The molecule has 0 bridgehead atoms. The van der Waals surface area contributed by atoms with E-state index < -0.39 is 0 Å². The first-order valence-electron chi connectivity index (χ1n) is 8.41. The Morgan fingerprint density at radius 2 is 1.32 bits per heavy atom. The summed E-state index contributed by atoms with van der Waals surface area (Å²) in [7, 11) is 5.99. The summed E-state index contributed by atoms with van der Waals surface area (Å²) < 4.78 is 22.0. The Labute approximate surface area is 162 Å². The zero-order chi connectivity index (χ0) is 20.4. The second-order valence-corrected chi connectivity index (χ2v) is 5.98. The Balaban J connectivity index is 2.15. The van der Waals surface area contributed by atoms with Crippen LogP contribution in [0.2, 0.25) is 0 Å². The third kappa shape index (κ3) is 3.13. The van der Waals surface area contributed by atoms with E-state index in [1.54, 1.807) is 45.4 Å². The van der Waals surface area contributed by atoms with E-state index >= 15 is 0 Å². The third-order valence-electron chi connectivity index (χ3n) is 4.47. The van der Waals surface area contributed by atoms with Crippen LogP contribution in [-0.4, -0.2) is 48.5 Å². The largest absolute Gasteiger partial charge is 0.502 e. The van der Waals surface area contributed by atoms with E-state index in [1.165, 1.54) is 14.2 Å². The summed E-state index contributed by atoms with van der Waals surface area (Å²) in [5.74, 6) is 1.73. The lowest BCUT2D eigenvalue weighted by Gasteiger charge is -2.10. The molecule has 148 valence electrons. The molecule has 28 heavy (non-hydrogen) atoms. The summed E-state index contributed by atoms with van der Waals surface area (Å²) in [4.78, 5) is 4.59. The van der Waals surface area contributed by atoms with Crippen LogP contribution >= 0.6 is 0 Å². The molecule has 0 amide bonds. The maximum atomic E-state index is 10.6. The van der Waals surface area contributed by atoms with Crippen molar-refractivity contribution in [2.45, 2.75) is 6.92 Å². The number of phenols is 1. The van der Waals surface area contributed by atoms with Crippen LogP contribution in [0.1, 0.15) is 5.69 Å². The standard InChI is InChI=1S/C20H22N2O6/c1-11-18(12-6-7-14(25-2)15(8-12)26-3)21-20(22(11)24)13-9-16(27-4)19(23)17(10-13)28-5/h6-10,23-24H,1-5H3. The molecular weight excluding hydrogens is 364 g/mol. The predicted octanol–water partition coefficient (Wildman–Crippen LogP) is 3.50. The molecule has 0 fully saturated rings. The van der Waals surface area contributed by atoms with Gasteiger partial charge in [0.05, 0.1) is 39.8 Å². The second kappa shape index (κ2) is 7.59. The van der Waals surface area contributed by atoms with Crippen LogP contribution in [0, 0.1) is 6.92 Å². The van der Waals surface area contributed by atoms with E-state index in [2.05, 4.69) is 4.98 Å². The minimum absolute atomic E-state index is 0.123. The average molecular weight is 386 g/mol. The van der Waals surface area contributed by atoms with Gasteiger partial charge in [-0.15, -0.1) is 0 Å². The van der Waals surface area contributed by atoms with Gasteiger partial charge in [0, 0.05) is 11.1 Å². The topological polar surface area (TPSA) is 95.2 Å². The van der Waals surface area contributed by atoms with Gasteiger partial charge in [0.15, 0.2) is 28.8 Å². The molecule has 3 rings (SSSR count). The van der Waals surface area contributed by atoms with E-state index in [4.69, 9.17) is 18.9 Å². The Hall–Kier alpha value is -3.55. The molecule has 0 aliphatic rings. The Bertz CT molecular complexity index is 987. The van der Waals surface area contributed by atoms with Crippen molar-refractivity contribution in [3.8, 4) is 51.4 Å². The lowest BCUT2D eigenvalue weighted by molar-refractivity contribution is 0.184. The average Bonchev–Trinajstić information content (AvgIpc) is 3.02. The fraction of sp³-hybridized carbons (Fsp3) is 0.250. The van der Waals surface area contributed by atoms with Gasteiger partial charge in [-0.3, -0.25) is 0 Å². The highest BCUT2D eigenvalue weighted by Gasteiger charge is 2.21. The number of aromatic nitrogens is 2. The molecular formula is C20H22N2O6. The van der Waals surface area contributed by atoms with Crippen molar-refractivity contribution in [3.05, 3.63) is 36.0 Å². The fourth-order valence-corrected chi connectivity index (χ4v) is 2.96. The Morgan fingerprint density at radius 3 is 1.86 bits per heavy atom. The van der Waals surface area contributed by atoms with Crippen LogP contribution in [0.15, 0.2) is 30.3 Å². The quantitative estimate of drug-likeness (QED) is 0.626. The highest BCUT2D eigenvalue weighted by Crippen LogP contribution is 2.41. The summed E-state index contributed by atoms with van der Waals surface area (Å²) in [5, 5.41) is 20.7. The molecule has 0 aliphatic heterocycles. The van der Waals surface area contributed by atoms with Crippen molar-refractivity contribution < 1.29 is 29.3 Å². The SMILES string of the molecule is COc1ccc(-c2nc(-c3cc(OC)c(O)c(OC)c3)n(O)c2C)cc1OC. The molecule has 0 saturated heterocycles. The maximum Gasteiger partial charge on any atom is 0.200 e. The lowest BCUT2D eigenvalue weighted by Crippen LogP contribution is -1.98. The molecule has 0 unspecified atom stereocenters. The molecule has 2 N–H and O–H groups in total. The predicted molar refractivity (Wildman–Crippen MR) is 103 cm³/mol. The van der Waals surface area contributed by atoms with Crippen molar-refractivity contribution >= 4 is 0 Å². The highest BCUT2D eigenvalue weighted by molar-refractivity contribution is 5.72. The van der Waals surface area contributed by atoms with Crippen LogP contribution in [0.5, 0.6) is 28.7 Å². The number of imidazole rings is 1. The van der Waals surface area contributed by atoms with Gasteiger partial charge >= 0.3 is 0 Å². The fourth-order valence-electron chi connectivity index (χ4n) is 2.96. The Morgan fingerprint density at radius 1 is 0.786 bits per heavy atom. The third-order valence-corrected chi connectivity index (χ3v) is 4.47. The molecule has 0 aliphatic carbocycles. The molecule has 1 heterocycles. The molecule has 0 radical (unpaired) electrons. The number of aromatic hydroxyl groups is 1. The number of ether oxygens (including phenoxy) is 4. The van der Waals surface area contributed by atoms with Gasteiger partial charge in [-0.1, -0.05) is 0 Å². The molecule has 8 heteroatoms. The zero-order valence-electron chi connectivity index (χ0n) is 16.3.